The van der Waals surface area contributed by atoms with E-state index in [1.54, 1.807) is 25.2 Å². The quantitative estimate of drug-likeness (QED) is 0.210. The van der Waals surface area contributed by atoms with Crippen LogP contribution in [0.4, 0.5) is 5.69 Å². The molecule has 7 heteroatoms. The van der Waals surface area contributed by atoms with E-state index in [9.17, 15) is 9.59 Å². The Hall–Kier alpha value is -3.42. The second-order valence-corrected chi connectivity index (χ2v) is 9.29. The van der Waals surface area contributed by atoms with Crippen molar-refractivity contribution < 1.29 is 19.1 Å². The molecule has 1 amide bonds. The van der Waals surface area contributed by atoms with Gasteiger partial charge in [-0.05, 0) is 67.5 Å². The number of carbonyl (C=O) groups excluding carboxylic acids is 2. The molecule has 1 unspecified atom stereocenters. The first-order chi connectivity index (χ1) is 18.5. The maximum atomic E-state index is 13.2. The summed E-state index contributed by atoms with van der Waals surface area (Å²) in [7, 11) is 1.78. The smallest absolute Gasteiger partial charge is 0.338 e. The largest absolute Gasteiger partial charge is 0.491 e. The number of anilines is 1. The molecule has 0 aliphatic rings. The van der Waals surface area contributed by atoms with E-state index in [4.69, 9.17) is 9.47 Å². The van der Waals surface area contributed by atoms with Gasteiger partial charge >= 0.3 is 5.97 Å². The fourth-order valence-electron chi connectivity index (χ4n) is 4.24. The second-order valence-electron chi connectivity index (χ2n) is 9.29. The van der Waals surface area contributed by atoms with Crippen LogP contribution in [0.1, 0.15) is 49.5 Å². The van der Waals surface area contributed by atoms with Crippen LogP contribution in [0.3, 0.4) is 0 Å². The number of likely N-dealkylation sites (N-methyl/N-ethyl adjacent to an activating group) is 2. The minimum absolute atomic E-state index is 0.171. The molecule has 0 saturated heterocycles. The summed E-state index contributed by atoms with van der Waals surface area (Å²) in [6, 6.07) is 19.0. The maximum Gasteiger partial charge on any atom is 0.338 e. The number of unbranched alkanes of at least 4 members (excludes halogenated alkanes) is 1. The average Bonchev–Trinajstić information content (AvgIpc) is 2.94. The van der Waals surface area contributed by atoms with Crippen LogP contribution in [-0.4, -0.2) is 62.7 Å². The van der Waals surface area contributed by atoms with Gasteiger partial charge in [0.2, 0.25) is 5.91 Å². The number of benzene rings is 3. The number of hydrogen-bond acceptors (Lipinski definition) is 6. The van der Waals surface area contributed by atoms with Crippen LogP contribution >= 0.6 is 0 Å². The van der Waals surface area contributed by atoms with Crippen molar-refractivity contribution in [1.82, 2.24) is 10.2 Å². The maximum absolute atomic E-state index is 13.2. The Morgan fingerprint density at radius 2 is 1.68 bits per heavy atom. The molecule has 0 aliphatic carbocycles. The van der Waals surface area contributed by atoms with E-state index >= 15 is 0 Å². The molecule has 0 radical (unpaired) electrons. The van der Waals surface area contributed by atoms with Crippen LogP contribution < -0.4 is 15.4 Å². The van der Waals surface area contributed by atoms with Gasteiger partial charge in [0.25, 0.3) is 0 Å². The number of esters is 1. The van der Waals surface area contributed by atoms with E-state index in [1.165, 1.54) is 5.39 Å². The van der Waals surface area contributed by atoms with Crippen molar-refractivity contribution in [3.8, 4) is 5.75 Å². The lowest BCUT2D eigenvalue weighted by atomic mass is 10.0. The van der Waals surface area contributed by atoms with Crippen molar-refractivity contribution >= 4 is 28.3 Å². The van der Waals surface area contributed by atoms with Gasteiger partial charge in [-0.1, -0.05) is 69.7 Å². The van der Waals surface area contributed by atoms with Crippen LogP contribution in [0, 0.1) is 0 Å². The molecule has 0 aliphatic heterocycles. The molecule has 2 N–H and O–H groups in total. The molecule has 0 saturated carbocycles. The summed E-state index contributed by atoms with van der Waals surface area (Å²) < 4.78 is 11.5. The summed E-state index contributed by atoms with van der Waals surface area (Å²) in [5, 5.41) is 8.44. The molecule has 0 spiro atoms. The summed E-state index contributed by atoms with van der Waals surface area (Å²) in [5.74, 6) is -0.110. The number of fused-ring (bicyclic) bond motifs is 1. The lowest BCUT2D eigenvalue weighted by Crippen LogP contribution is -2.40. The number of nitrogens with zero attached hydrogens (tertiary/aromatic N) is 1. The standard InChI is InChI=1S/C31H41N3O4/c1-5-8-18-37-29-22-26(31(36)38-19-17-34(6-2)7-3)15-16-27(29)33-30(35)28(32-4)21-23-13-14-24-11-9-10-12-25(24)20-23/h9-16,20,22,28,32H,5-8,17-19,21H2,1-4H3,(H,33,35). The fraction of sp³-hybridized carbons (Fsp3) is 0.419. The minimum atomic E-state index is -0.440. The number of rotatable bonds is 15. The lowest BCUT2D eigenvalue weighted by molar-refractivity contribution is -0.118. The topological polar surface area (TPSA) is 79.9 Å². The molecular weight excluding hydrogens is 478 g/mol. The van der Waals surface area contributed by atoms with E-state index in [0.717, 1.165) is 36.9 Å². The molecule has 1 atom stereocenters. The van der Waals surface area contributed by atoms with Gasteiger partial charge in [0.05, 0.1) is 23.9 Å². The third-order valence-electron chi connectivity index (χ3n) is 6.68. The van der Waals surface area contributed by atoms with Gasteiger partial charge in [0, 0.05) is 6.54 Å². The molecule has 0 heterocycles. The Morgan fingerprint density at radius 3 is 2.39 bits per heavy atom. The van der Waals surface area contributed by atoms with Crippen molar-refractivity contribution in [2.75, 3.05) is 45.2 Å². The molecule has 204 valence electrons. The van der Waals surface area contributed by atoms with Crippen LogP contribution in [0.2, 0.25) is 0 Å². The third-order valence-corrected chi connectivity index (χ3v) is 6.68. The Morgan fingerprint density at radius 1 is 0.921 bits per heavy atom. The molecule has 0 bridgehead atoms. The number of hydrogen-bond donors (Lipinski definition) is 2. The van der Waals surface area contributed by atoms with Crippen LogP contribution in [0.15, 0.2) is 60.7 Å². The predicted octanol–water partition coefficient (Wildman–Crippen LogP) is 5.29. The minimum Gasteiger partial charge on any atom is -0.491 e. The molecule has 3 rings (SSSR count). The molecule has 0 fully saturated rings. The number of amides is 1. The summed E-state index contributed by atoms with van der Waals surface area (Å²) in [5.41, 5.74) is 2.00. The van der Waals surface area contributed by atoms with Gasteiger partial charge in [-0.25, -0.2) is 4.79 Å². The summed E-state index contributed by atoms with van der Waals surface area (Å²) in [4.78, 5) is 28.1. The van der Waals surface area contributed by atoms with Crippen molar-refractivity contribution in [1.29, 1.82) is 0 Å². The Bertz CT molecular complexity index is 1190. The first kappa shape index (κ1) is 29.1. The monoisotopic (exact) mass is 519 g/mol. The molecule has 0 aromatic heterocycles. The summed E-state index contributed by atoms with van der Waals surface area (Å²) in [6.45, 7) is 9.57. The molecular formula is C31H41N3O4. The second kappa shape index (κ2) is 15.1. The zero-order valence-corrected chi connectivity index (χ0v) is 23.1. The van der Waals surface area contributed by atoms with E-state index in [0.29, 0.717) is 43.2 Å². The summed E-state index contributed by atoms with van der Waals surface area (Å²) >= 11 is 0. The third kappa shape index (κ3) is 8.30. The van der Waals surface area contributed by atoms with Gasteiger partial charge in [-0.2, -0.15) is 0 Å². The molecule has 38 heavy (non-hydrogen) atoms. The van der Waals surface area contributed by atoms with Gasteiger partial charge in [-0.15, -0.1) is 0 Å². The predicted molar refractivity (Wildman–Crippen MR) is 154 cm³/mol. The lowest BCUT2D eigenvalue weighted by Gasteiger charge is -2.19. The SMILES string of the molecule is CCCCOc1cc(C(=O)OCCN(CC)CC)ccc1NC(=O)C(Cc1ccc2ccccc2c1)NC. The van der Waals surface area contributed by atoms with Gasteiger partial charge in [-0.3, -0.25) is 4.79 Å². The highest BCUT2D eigenvalue weighted by atomic mass is 16.5. The van der Waals surface area contributed by atoms with Crippen molar-refractivity contribution in [2.45, 2.75) is 46.1 Å². The van der Waals surface area contributed by atoms with Crippen LogP contribution in [0.5, 0.6) is 5.75 Å². The molecule has 3 aromatic carbocycles. The van der Waals surface area contributed by atoms with Crippen molar-refractivity contribution in [3.63, 3.8) is 0 Å². The first-order valence-electron chi connectivity index (χ1n) is 13.6. The van der Waals surface area contributed by atoms with E-state index in [-0.39, 0.29) is 5.91 Å². The Balaban J connectivity index is 1.71. The van der Waals surface area contributed by atoms with Gasteiger partial charge < -0.3 is 25.0 Å². The van der Waals surface area contributed by atoms with Crippen molar-refractivity contribution in [3.05, 3.63) is 71.8 Å². The Kier molecular flexibility index (Phi) is 11.6. The normalized spacial score (nSPS) is 11.9. The highest BCUT2D eigenvalue weighted by molar-refractivity contribution is 5.98. The fourth-order valence-corrected chi connectivity index (χ4v) is 4.24. The van der Waals surface area contributed by atoms with Crippen molar-refractivity contribution in [2.24, 2.45) is 0 Å². The van der Waals surface area contributed by atoms with Gasteiger partial charge in [0.15, 0.2) is 0 Å². The van der Waals surface area contributed by atoms with E-state index < -0.39 is 12.0 Å². The average molecular weight is 520 g/mol. The first-order valence-corrected chi connectivity index (χ1v) is 13.6. The molecule has 7 nitrogen and oxygen atoms in total. The highest BCUT2D eigenvalue weighted by Crippen LogP contribution is 2.27. The molecule has 3 aromatic rings. The van der Waals surface area contributed by atoms with Gasteiger partial charge in [0.1, 0.15) is 12.4 Å². The van der Waals surface area contributed by atoms with E-state index in [2.05, 4.69) is 66.6 Å². The zero-order valence-electron chi connectivity index (χ0n) is 23.1. The Labute approximate surface area is 226 Å². The zero-order chi connectivity index (χ0) is 27.3. The van der Waals surface area contributed by atoms with Crippen LogP contribution in [0.25, 0.3) is 10.8 Å². The summed E-state index contributed by atoms with van der Waals surface area (Å²) in [6.07, 6.45) is 2.38. The number of carbonyl (C=O) groups is 2. The highest BCUT2D eigenvalue weighted by Gasteiger charge is 2.20. The number of nitrogens with one attached hydrogen (secondary N) is 2. The van der Waals surface area contributed by atoms with Crippen LogP contribution in [-0.2, 0) is 16.0 Å². The van der Waals surface area contributed by atoms with E-state index in [1.807, 2.05) is 12.1 Å². The number of ether oxygens (including phenoxy) is 2.